The monoisotopic (exact) mass is 343 g/mol. The van der Waals surface area contributed by atoms with Gasteiger partial charge in [-0.15, -0.1) is 0 Å². The number of thiazole rings is 1. The van der Waals surface area contributed by atoms with Crippen molar-refractivity contribution in [3.05, 3.63) is 53.6 Å². The van der Waals surface area contributed by atoms with Gasteiger partial charge in [-0.2, -0.15) is 0 Å². The molecule has 1 N–H and O–H groups in total. The first-order valence-electron chi connectivity index (χ1n) is 7.36. The molecule has 3 aromatic rings. The van der Waals surface area contributed by atoms with E-state index in [0.717, 1.165) is 16.3 Å². The first-order chi connectivity index (χ1) is 11.2. The number of nitrogens with one attached hydrogen (secondary N) is 1. The van der Waals surface area contributed by atoms with E-state index in [2.05, 4.69) is 21.3 Å². The van der Waals surface area contributed by atoms with Gasteiger partial charge in [-0.1, -0.05) is 35.1 Å². The molecule has 1 amide bonds. The van der Waals surface area contributed by atoms with Crippen LogP contribution in [0.25, 0.3) is 10.2 Å². The molecule has 1 saturated heterocycles. The zero-order valence-corrected chi connectivity index (χ0v) is 13.8. The molecule has 2 heterocycles. The van der Waals surface area contributed by atoms with E-state index in [0.29, 0.717) is 18.1 Å². The molecule has 4 nitrogen and oxygen atoms in total. The number of carbonyl (C=O) groups is 1. The Morgan fingerprint density at radius 3 is 2.65 bits per heavy atom. The van der Waals surface area contributed by atoms with Crippen molar-refractivity contribution in [3.63, 3.8) is 0 Å². The van der Waals surface area contributed by atoms with Gasteiger partial charge in [0.15, 0.2) is 5.13 Å². The Balaban J connectivity index is 1.38. The molecule has 0 radical (unpaired) electrons. The van der Waals surface area contributed by atoms with Crippen LogP contribution >= 0.6 is 22.9 Å². The number of hydrogen-bond donors (Lipinski definition) is 1. The zero-order valence-electron chi connectivity index (χ0n) is 12.2. The molecule has 1 fully saturated rings. The highest BCUT2D eigenvalue weighted by Gasteiger charge is 2.34. The smallest absolute Gasteiger partial charge is 0.231 e. The molecule has 4 rings (SSSR count). The number of fused-ring (bicyclic) bond motifs is 1. The van der Waals surface area contributed by atoms with Crippen molar-refractivity contribution in [1.82, 2.24) is 4.98 Å². The van der Waals surface area contributed by atoms with E-state index >= 15 is 0 Å². The predicted molar refractivity (Wildman–Crippen MR) is 95.4 cm³/mol. The Morgan fingerprint density at radius 1 is 1.17 bits per heavy atom. The highest BCUT2D eigenvalue weighted by atomic mass is 35.5. The minimum atomic E-state index is -0.00214. The molecule has 2 aromatic carbocycles. The fourth-order valence-electron chi connectivity index (χ4n) is 2.57. The van der Waals surface area contributed by atoms with Crippen LogP contribution in [0.3, 0.4) is 0 Å². The minimum absolute atomic E-state index is 0.00214. The standard InChI is InChI=1S/C17H14ClN3OS/c18-12-5-7-13(8-6-12)19-16(22)11-9-21(10-11)17-20-14-3-1-2-4-15(14)23-17/h1-8,11H,9-10H2,(H,19,22). The average Bonchev–Trinajstić information content (AvgIpc) is 2.91. The van der Waals surface area contributed by atoms with Gasteiger partial charge in [0.1, 0.15) is 0 Å². The summed E-state index contributed by atoms with van der Waals surface area (Å²) in [6.07, 6.45) is 0. The number of halogens is 1. The average molecular weight is 344 g/mol. The van der Waals surface area contributed by atoms with Crippen molar-refractivity contribution in [2.45, 2.75) is 0 Å². The van der Waals surface area contributed by atoms with Gasteiger partial charge < -0.3 is 10.2 Å². The quantitative estimate of drug-likeness (QED) is 0.781. The van der Waals surface area contributed by atoms with E-state index in [1.165, 1.54) is 4.70 Å². The summed E-state index contributed by atoms with van der Waals surface area (Å²) >= 11 is 7.51. The predicted octanol–water partition coefficient (Wildman–Crippen LogP) is 4.02. The van der Waals surface area contributed by atoms with E-state index in [1.54, 1.807) is 23.5 Å². The third-order valence-corrected chi connectivity index (χ3v) is 5.27. The van der Waals surface area contributed by atoms with Crippen LogP contribution in [0.5, 0.6) is 0 Å². The Labute approximate surface area is 142 Å². The van der Waals surface area contributed by atoms with Crippen molar-refractivity contribution in [2.24, 2.45) is 5.92 Å². The molecule has 116 valence electrons. The Hall–Kier alpha value is -2.11. The molecule has 0 bridgehead atoms. The molecular formula is C17H14ClN3OS. The second kappa shape index (κ2) is 5.83. The highest BCUT2D eigenvalue weighted by Crippen LogP contribution is 2.33. The van der Waals surface area contributed by atoms with Gasteiger partial charge in [0.2, 0.25) is 5.91 Å². The molecule has 0 atom stereocenters. The number of hydrogen-bond acceptors (Lipinski definition) is 4. The first-order valence-corrected chi connectivity index (χ1v) is 8.55. The number of anilines is 2. The number of rotatable bonds is 3. The fourth-order valence-corrected chi connectivity index (χ4v) is 3.68. The summed E-state index contributed by atoms with van der Waals surface area (Å²) in [4.78, 5) is 19.0. The van der Waals surface area contributed by atoms with Gasteiger partial charge in [-0.3, -0.25) is 4.79 Å². The van der Waals surface area contributed by atoms with Gasteiger partial charge >= 0.3 is 0 Å². The van der Waals surface area contributed by atoms with Gasteiger partial charge in [-0.25, -0.2) is 4.98 Å². The molecule has 0 saturated carbocycles. The molecule has 0 unspecified atom stereocenters. The van der Waals surface area contributed by atoms with Crippen LogP contribution in [0.4, 0.5) is 10.8 Å². The lowest BCUT2D eigenvalue weighted by Crippen LogP contribution is -2.52. The number of amides is 1. The topological polar surface area (TPSA) is 45.2 Å². The molecular weight excluding hydrogens is 330 g/mol. The van der Waals surface area contributed by atoms with Crippen LogP contribution in [0.1, 0.15) is 0 Å². The van der Waals surface area contributed by atoms with E-state index in [1.807, 2.05) is 30.3 Å². The summed E-state index contributed by atoms with van der Waals surface area (Å²) in [5.41, 5.74) is 1.79. The molecule has 23 heavy (non-hydrogen) atoms. The summed E-state index contributed by atoms with van der Waals surface area (Å²) in [5, 5.41) is 4.58. The largest absolute Gasteiger partial charge is 0.346 e. The Bertz CT molecular complexity index is 823. The molecule has 0 spiro atoms. The van der Waals surface area contributed by atoms with Gasteiger partial charge in [-0.05, 0) is 36.4 Å². The molecule has 1 aliphatic heterocycles. The van der Waals surface area contributed by atoms with Crippen LogP contribution in [-0.4, -0.2) is 24.0 Å². The van der Waals surface area contributed by atoms with Gasteiger partial charge in [0.05, 0.1) is 16.1 Å². The molecule has 1 aromatic heterocycles. The number of benzene rings is 2. The molecule has 6 heteroatoms. The number of nitrogens with zero attached hydrogens (tertiary/aromatic N) is 2. The van der Waals surface area contributed by atoms with E-state index in [9.17, 15) is 4.79 Å². The van der Waals surface area contributed by atoms with Gasteiger partial charge in [0, 0.05) is 23.8 Å². The highest BCUT2D eigenvalue weighted by molar-refractivity contribution is 7.22. The Morgan fingerprint density at radius 2 is 1.91 bits per heavy atom. The third kappa shape index (κ3) is 2.90. The lowest BCUT2D eigenvalue weighted by molar-refractivity contribution is -0.120. The fraction of sp³-hybridized carbons (Fsp3) is 0.176. The van der Waals surface area contributed by atoms with Crippen molar-refractivity contribution < 1.29 is 4.79 Å². The SMILES string of the molecule is O=C(Nc1ccc(Cl)cc1)C1CN(c2nc3ccccc3s2)C1. The van der Waals surface area contributed by atoms with Crippen molar-refractivity contribution in [2.75, 3.05) is 23.3 Å². The lowest BCUT2D eigenvalue weighted by Gasteiger charge is -2.37. The van der Waals surface area contributed by atoms with E-state index in [4.69, 9.17) is 11.6 Å². The second-order valence-electron chi connectivity index (χ2n) is 5.56. The second-order valence-corrected chi connectivity index (χ2v) is 7.01. The molecule has 1 aliphatic rings. The summed E-state index contributed by atoms with van der Waals surface area (Å²) in [6.45, 7) is 1.42. The maximum Gasteiger partial charge on any atom is 0.231 e. The molecule has 0 aliphatic carbocycles. The maximum atomic E-state index is 12.2. The van der Waals surface area contributed by atoms with Crippen LogP contribution in [-0.2, 0) is 4.79 Å². The summed E-state index contributed by atoms with van der Waals surface area (Å²) in [5.74, 6) is 0.0439. The van der Waals surface area contributed by atoms with E-state index in [-0.39, 0.29) is 11.8 Å². The minimum Gasteiger partial charge on any atom is -0.346 e. The number of para-hydroxylation sites is 1. The van der Waals surface area contributed by atoms with Crippen molar-refractivity contribution in [3.8, 4) is 0 Å². The summed E-state index contributed by atoms with van der Waals surface area (Å²) < 4.78 is 1.18. The summed E-state index contributed by atoms with van der Waals surface area (Å²) in [6, 6.07) is 15.2. The van der Waals surface area contributed by atoms with Gasteiger partial charge in [0.25, 0.3) is 0 Å². The Kier molecular flexibility index (Phi) is 3.67. The van der Waals surface area contributed by atoms with Crippen molar-refractivity contribution >= 4 is 49.9 Å². The normalized spacial score (nSPS) is 14.7. The lowest BCUT2D eigenvalue weighted by atomic mass is 10.00. The number of aromatic nitrogens is 1. The van der Waals surface area contributed by atoms with Crippen LogP contribution in [0.2, 0.25) is 5.02 Å². The summed E-state index contributed by atoms with van der Waals surface area (Å²) in [7, 11) is 0. The van der Waals surface area contributed by atoms with Crippen LogP contribution < -0.4 is 10.2 Å². The third-order valence-electron chi connectivity index (χ3n) is 3.92. The maximum absolute atomic E-state index is 12.2. The van der Waals surface area contributed by atoms with E-state index < -0.39 is 0 Å². The van der Waals surface area contributed by atoms with Crippen molar-refractivity contribution in [1.29, 1.82) is 0 Å². The van der Waals surface area contributed by atoms with Crippen LogP contribution in [0.15, 0.2) is 48.5 Å². The number of carbonyl (C=O) groups excluding carboxylic acids is 1. The van der Waals surface area contributed by atoms with Crippen LogP contribution in [0, 0.1) is 5.92 Å². The zero-order chi connectivity index (χ0) is 15.8. The first kappa shape index (κ1) is 14.5.